The number of nitrogens with one attached hydrogen (secondary N) is 1. The molecule has 4 heteroatoms. The standard InChI is InChI=1S/C22H25N3O/c1-25(15-21-23-19-9-5-6-10-20(19)24-21)22(26)18-13-11-17(12-14-18)16-7-3-2-4-8-16/h5-6,9-14,16H,2-4,7-8,15H2,1H3,(H,23,24). The predicted molar refractivity (Wildman–Crippen MR) is 104 cm³/mol. The second kappa shape index (κ2) is 7.32. The van der Waals surface area contributed by atoms with Crippen LogP contribution in [0.1, 0.15) is 59.8 Å². The van der Waals surface area contributed by atoms with Crippen LogP contribution in [0.25, 0.3) is 11.0 Å². The highest BCUT2D eigenvalue weighted by atomic mass is 16.2. The third-order valence-corrected chi connectivity index (χ3v) is 5.41. The fourth-order valence-corrected chi connectivity index (χ4v) is 3.93. The van der Waals surface area contributed by atoms with E-state index in [0.717, 1.165) is 22.4 Å². The molecule has 0 bridgehead atoms. The Kier molecular flexibility index (Phi) is 4.74. The SMILES string of the molecule is CN(Cc1nc2ccccc2[nH]1)C(=O)c1ccc(C2CCCCC2)cc1. The molecule has 0 spiro atoms. The van der Waals surface area contributed by atoms with E-state index in [0.29, 0.717) is 12.5 Å². The molecule has 1 aliphatic carbocycles. The number of benzene rings is 2. The van der Waals surface area contributed by atoms with Crippen LogP contribution >= 0.6 is 0 Å². The van der Waals surface area contributed by atoms with E-state index >= 15 is 0 Å². The number of imidazole rings is 1. The van der Waals surface area contributed by atoms with Gasteiger partial charge in [-0.05, 0) is 48.6 Å². The van der Waals surface area contributed by atoms with Crippen molar-refractivity contribution < 1.29 is 4.79 Å². The first-order valence-electron chi connectivity index (χ1n) is 9.50. The minimum atomic E-state index is 0.0284. The number of carbonyl (C=O) groups is 1. The van der Waals surface area contributed by atoms with Crippen LogP contribution in [-0.2, 0) is 6.54 Å². The quantitative estimate of drug-likeness (QED) is 0.731. The van der Waals surface area contributed by atoms with E-state index in [1.165, 1.54) is 37.7 Å². The highest BCUT2D eigenvalue weighted by Gasteiger charge is 2.17. The van der Waals surface area contributed by atoms with Gasteiger partial charge >= 0.3 is 0 Å². The minimum Gasteiger partial charge on any atom is -0.340 e. The number of H-pyrrole nitrogens is 1. The Balaban J connectivity index is 1.44. The molecule has 1 amide bonds. The van der Waals surface area contributed by atoms with Crippen LogP contribution in [0.3, 0.4) is 0 Å². The zero-order chi connectivity index (χ0) is 17.9. The van der Waals surface area contributed by atoms with Crippen LogP contribution in [0, 0.1) is 0 Å². The van der Waals surface area contributed by atoms with Gasteiger partial charge in [0.25, 0.3) is 5.91 Å². The van der Waals surface area contributed by atoms with Crippen molar-refractivity contribution >= 4 is 16.9 Å². The normalized spacial score (nSPS) is 15.3. The van der Waals surface area contributed by atoms with Gasteiger partial charge in [-0.25, -0.2) is 4.98 Å². The van der Waals surface area contributed by atoms with Crippen molar-refractivity contribution in [1.29, 1.82) is 0 Å². The fourth-order valence-electron chi connectivity index (χ4n) is 3.93. The second-order valence-corrected chi connectivity index (χ2v) is 7.32. The number of nitrogens with zero attached hydrogens (tertiary/aromatic N) is 2. The Hall–Kier alpha value is -2.62. The number of carbonyl (C=O) groups excluding carboxylic acids is 1. The second-order valence-electron chi connectivity index (χ2n) is 7.32. The molecule has 3 aromatic rings. The molecule has 1 aliphatic rings. The fraction of sp³-hybridized carbons (Fsp3) is 0.364. The molecule has 0 radical (unpaired) electrons. The van der Waals surface area contributed by atoms with Crippen LogP contribution in [0.2, 0.25) is 0 Å². The van der Waals surface area contributed by atoms with Gasteiger partial charge in [-0.15, -0.1) is 0 Å². The molecular weight excluding hydrogens is 322 g/mol. The molecule has 1 fully saturated rings. The third-order valence-electron chi connectivity index (χ3n) is 5.41. The number of para-hydroxylation sites is 2. The number of hydrogen-bond acceptors (Lipinski definition) is 2. The van der Waals surface area contributed by atoms with E-state index < -0.39 is 0 Å². The molecule has 1 saturated carbocycles. The maximum absolute atomic E-state index is 12.7. The lowest BCUT2D eigenvalue weighted by atomic mass is 9.84. The summed E-state index contributed by atoms with van der Waals surface area (Å²) in [6.45, 7) is 0.470. The van der Waals surface area contributed by atoms with Crippen LogP contribution in [-0.4, -0.2) is 27.8 Å². The first kappa shape index (κ1) is 16.8. The van der Waals surface area contributed by atoms with Gasteiger partial charge in [-0.1, -0.05) is 43.5 Å². The van der Waals surface area contributed by atoms with Crippen LogP contribution in [0.15, 0.2) is 48.5 Å². The van der Waals surface area contributed by atoms with Crippen molar-refractivity contribution in [2.45, 2.75) is 44.6 Å². The Labute approximate surface area is 154 Å². The van der Waals surface area contributed by atoms with Gasteiger partial charge in [0, 0.05) is 12.6 Å². The van der Waals surface area contributed by atoms with Crippen molar-refractivity contribution in [3.63, 3.8) is 0 Å². The molecular formula is C22H25N3O. The summed E-state index contributed by atoms with van der Waals surface area (Å²) in [6.07, 6.45) is 6.56. The molecule has 0 aliphatic heterocycles. The first-order valence-corrected chi connectivity index (χ1v) is 9.50. The lowest BCUT2D eigenvalue weighted by molar-refractivity contribution is 0.0782. The number of amides is 1. The maximum Gasteiger partial charge on any atom is 0.253 e. The highest BCUT2D eigenvalue weighted by Crippen LogP contribution is 2.32. The lowest BCUT2D eigenvalue weighted by Crippen LogP contribution is -2.26. The molecule has 0 unspecified atom stereocenters. The third kappa shape index (κ3) is 3.50. The van der Waals surface area contributed by atoms with Gasteiger partial charge in [0.15, 0.2) is 0 Å². The summed E-state index contributed by atoms with van der Waals surface area (Å²) in [5, 5.41) is 0. The van der Waals surface area contributed by atoms with E-state index in [4.69, 9.17) is 0 Å². The number of hydrogen-bond donors (Lipinski definition) is 1. The molecule has 0 saturated heterocycles. The molecule has 4 rings (SSSR count). The number of aromatic amines is 1. The number of rotatable bonds is 4. The van der Waals surface area contributed by atoms with Gasteiger partial charge in [-0.3, -0.25) is 4.79 Å². The summed E-state index contributed by atoms with van der Waals surface area (Å²) in [6, 6.07) is 16.1. The molecule has 26 heavy (non-hydrogen) atoms. The Morgan fingerprint density at radius 3 is 2.54 bits per heavy atom. The predicted octanol–water partition coefficient (Wildman–Crippen LogP) is 4.88. The molecule has 0 atom stereocenters. The average Bonchev–Trinajstić information content (AvgIpc) is 3.10. The Bertz CT molecular complexity index is 858. The van der Waals surface area contributed by atoms with Gasteiger partial charge in [0.1, 0.15) is 5.82 Å². The molecule has 134 valence electrons. The topological polar surface area (TPSA) is 49.0 Å². The van der Waals surface area contributed by atoms with Crippen molar-refractivity contribution in [2.24, 2.45) is 0 Å². The summed E-state index contributed by atoms with van der Waals surface area (Å²) in [5.41, 5.74) is 4.05. The van der Waals surface area contributed by atoms with Crippen LogP contribution in [0.4, 0.5) is 0 Å². The highest BCUT2D eigenvalue weighted by molar-refractivity contribution is 5.94. The van der Waals surface area contributed by atoms with E-state index in [1.807, 2.05) is 43.4 Å². The summed E-state index contributed by atoms with van der Waals surface area (Å²) < 4.78 is 0. The minimum absolute atomic E-state index is 0.0284. The van der Waals surface area contributed by atoms with Gasteiger partial charge in [-0.2, -0.15) is 0 Å². The molecule has 1 aromatic heterocycles. The van der Waals surface area contributed by atoms with E-state index in [9.17, 15) is 4.79 Å². The summed E-state index contributed by atoms with van der Waals surface area (Å²) in [7, 11) is 1.82. The van der Waals surface area contributed by atoms with Crippen molar-refractivity contribution in [1.82, 2.24) is 14.9 Å². The summed E-state index contributed by atoms with van der Waals surface area (Å²) >= 11 is 0. The van der Waals surface area contributed by atoms with Crippen molar-refractivity contribution in [2.75, 3.05) is 7.05 Å². The molecule has 2 aromatic carbocycles. The zero-order valence-corrected chi connectivity index (χ0v) is 15.2. The van der Waals surface area contributed by atoms with E-state index in [-0.39, 0.29) is 5.91 Å². The zero-order valence-electron chi connectivity index (χ0n) is 15.2. The summed E-state index contributed by atoms with van der Waals surface area (Å²) in [4.78, 5) is 22.3. The van der Waals surface area contributed by atoms with E-state index in [1.54, 1.807) is 4.90 Å². The number of aromatic nitrogens is 2. The largest absolute Gasteiger partial charge is 0.340 e. The van der Waals surface area contributed by atoms with Crippen molar-refractivity contribution in [3.05, 3.63) is 65.5 Å². The molecule has 4 nitrogen and oxygen atoms in total. The van der Waals surface area contributed by atoms with Crippen LogP contribution < -0.4 is 0 Å². The van der Waals surface area contributed by atoms with Crippen molar-refractivity contribution in [3.8, 4) is 0 Å². The lowest BCUT2D eigenvalue weighted by Gasteiger charge is -2.22. The van der Waals surface area contributed by atoms with Gasteiger partial charge in [0.2, 0.25) is 0 Å². The van der Waals surface area contributed by atoms with Gasteiger partial charge < -0.3 is 9.88 Å². The number of fused-ring (bicyclic) bond motifs is 1. The Morgan fingerprint density at radius 2 is 1.81 bits per heavy atom. The maximum atomic E-state index is 12.7. The van der Waals surface area contributed by atoms with Crippen LogP contribution in [0.5, 0.6) is 0 Å². The van der Waals surface area contributed by atoms with E-state index in [2.05, 4.69) is 22.1 Å². The monoisotopic (exact) mass is 347 g/mol. The Morgan fingerprint density at radius 1 is 1.08 bits per heavy atom. The summed E-state index contributed by atoms with van der Waals surface area (Å²) in [5.74, 6) is 1.50. The van der Waals surface area contributed by atoms with Gasteiger partial charge in [0.05, 0.1) is 17.6 Å². The first-order chi connectivity index (χ1) is 12.7. The molecule has 1 N–H and O–H groups in total. The average molecular weight is 347 g/mol. The molecule has 1 heterocycles. The smallest absolute Gasteiger partial charge is 0.253 e.